The van der Waals surface area contributed by atoms with Gasteiger partial charge >= 0.3 is 11.9 Å². The number of rotatable bonds is 10. The van der Waals surface area contributed by atoms with E-state index < -0.39 is 48.4 Å². The van der Waals surface area contributed by atoms with E-state index in [2.05, 4.69) is 0 Å². The maximum absolute atomic E-state index is 14.3. The van der Waals surface area contributed by atoms with Crippen molar-refractivity contribution in [1.82, 2.24) is 9.80 Å². The summed E-state index contributed by atoms with van der Waals surface area (Å²) in [7, 11) is 1.79. The Balaban J connectivity index is 1.34. The van der Waals surface area contributed by atoms with Crippen LogP contribution in [0.15, 0.2) is 91.0 Å². The van der Waals surface area contributed by atoms with Gasteiger partial charge in [0.25, 0.3) is 0 Å². The highest BCUT2D eigenvalue weighted by atomic mass is 16.8. The molecule has 7 atom stereocenters. The molecule has 2 fully saturated rings. The lowest BCUT2D eigenvalue weighted by Gasteiger charge is -2.44. The molecule has 2 aliphatic rings. The molecule has 0 bridgehead atoms. The Morgan fingerprint density at radius 1 is 0.909 bits per heavy atom. The Labute approximate surface area is 255 Å². The normalized spacial score (nSPS) is 28.1. The number of benzene rings is 3. The van der Waals surface area contributed by atoms with E-state index in [1.54, 1.807) is 11.9 Å². The smallest absolute Gasteiger partial charge is 0.335 e. The van der Waals surface area contributed by atoms with Crippen LogP contribution < -0.4 is 0 Å². The predicted octanol–water partition coefficient (Wildman–Crippen LogP) is 1.32. The second-order valence-corrected chi connectivity index (χ2v) is 11.4. The van der Waals surface area contributed by atoms with E-state index in [4.69, 9.17) is 9.47 Å². The number of hydrogen-bond acceptors (Lipinski definition) is 9. The van der Waals surface area contributed by atoms with E-state index >= 15 is 0 Å². The fraction of sp³-hybridized carbons (Fsp3) is 0.394. The quantitative estimate of drug-likeness (QED) is 0.213. The van der Waals surface area contributed by atoms with Gasteiger partial charge in [-0.1, -0.05) is 91.0 Å². The van der Waals surface area contributed by atoms with Crippen molar-refractivity contribution in [3.05, 3.63) is 108 Å². The molecule has 0 aromatic heterocycles. The lowest BCUT2D eigenvalue weighted by molar-refractivity contribution is -0.451. The maximum atomic E-state index is 14.3. The molecule has 2 saturated heterocycles. The Morgan fingerprint density at radius 2 is 1.43 bits per heavy atom. The van der Waals surface area contributed by atoms with E-state index in [0.717, 1.165) is 16.7 Å². The van der Waals surface area contributed by atoms with E-state index in [1.807, 2.05) is 95.9 Å². The molecular formula is C33H38N2O9. The van der Waals surface area contributed by atoms with Crippen molar-refractivity contribution in [1.29, 1.82) is 0 Å². The first-order valence-corrected chi connectivity index (χ1v) is 14.6. The van der Waals surface area contributed by atoms with E-state index in [9.17, 15) is 35.1 Å². The van der Waals surface area contributed by atoms with Gasteiger partial charge in [0.2, 0.25) is 5.91 Å². The average Bonchev–Trinajstić information content (AvgIpc) is 3.48. The highest BCUT2D eigenvalue weighted by Gasteiger charge is 2.57. The lowest BCUT2D eigenvalue weighted by Crippen LogP contribution is -2.67. The molecule has 11 nitrogen and oxygen atoms in total. The van der Waals surface area contributed by atoms with Crippen LogP contribution in [0.4, 0.5) is 0 Å². The Kier molecular flexibility index (Phi) is 9.76. The van der Waals surface area contributed by atoms with Crippen LogP contribution in [0, 0.1) is 0 Å². The molecule has 2 aliphatic heterocycles. The van der Waals surface area contributed by atoms with Crippen molar-refractivity contribution >= 4 is 11.9 Å². The molecule has 3 aromatic carbocycles. The van der Waals surface area contributed by atoms with E-state index in [1.165, 1.54) is 0 Å². The predicted molar refractivity (Wildman–Crippen MR) is 158 cm³/mol. The number of aliphatic hydroxyl groups excluding tert-OH is 3. The topological polar surface area (TPSA) is 160 Å². The van der Waals surface area contributed by atoms with Crippen molar-refractivity contribution < 1.29 is 44.6 Å². The minimum atomic E-state index is -2.84. The second kappa shape index (κ2) is 13.5. The van der Waals surface area contributed by atoms with Gasteiger partial charge in [-0.25, -0.2) is 4.79 Å². The number of amides is 1. The number of likely N-dealkylation sites (tertiary alicyclic amines) is 1. The van der Waals surface area contributed by atoms with Crippen molar-refractivity contribution in [2.45, 2.75) is 54.9 Å². The van der Waals surface area contributed by atoms with Gasteiger partial charge in [0, 0.05) is 26.7 Å². The summed E-state index contributed by atoms with van der Waals surface area (Å²) in [5.41, 5.74) is 2.69. The summed E-state index contributed by atoms with van der Waals surface area (Å²) in [4.78, 5) is 29.6. The number of aliphatic carboxylic acids is 1. The van der Waals surface area contributed by atoms with Crippen LogP contribution in [0.2, 0.25) is 0 Å². The molecule has 5 N–H and O–H groups in total. The third-order valence-corrected chi connectivity index (χ3v) is 8.40. The maximum Gasteiger partial charge on any atom is 0.335 e. The molecule has 1 amide bonds. The molecule has 1 unspecified atom stereocenters. The number of carboxylic acid groups (broad SMARTS) is 1. The molecule has 234 valence electrons. The van der Waals surface area contributed by atoms with Gasteiger partial charge in [-0.2, -0.15) is 0 Å². The Hall–Kier alpha value is -3.68. The summed E-state index contributed by atoms with van der Waals surface area (Å²) in [6, 6.07) is 28.6. The zero-order valence-electron chi connectivity index (χ0n) is 24.3. The van der Waals surface area contributed by atoms with Crippen molar-refractivity contribution in [3.8, 4) is 0 Å². The van der Waals surface area contributed by atoms with Crippen LogP contribution in [-0.4, -0.2) is 110 Å². The summed E-state index contributed by atoms with van der Waals surface area (Å²) in [5, 5.41) is 50.8. The standard InChI is InChI=1S/C33H38N2O9/c1-34(31(39)26(22-13-7-3-8-14-22)23-15-9-4-10-16-23)25(21-11-5-2-6-12-21)20-35-18-17-24(19-35)43-33(42)30(38)28(37)27(36)29(44-33)32(40)41/h2-16,24-30,36-38,42H,17-20H2,1H3,(H,40,41)/t24-,25?,27-,28-,29-,30+,33+/m0/s1. The molecule has 0 saturated carbocycles. The van der Waals surface area contributed by atoms with Crippen LogP contribution in [0.5, 0.6) is 0 Å². The molecule has 44 heavy (non-hydrogen) atoms. The van der Waals surface area contributed by atoms with Gasteiger partial charge in [0.15, 0.2) is 12.2 Å². The summed E-state index contributed by atoms with van der Waals surface area (Å²) in [6.45, 7) is 1.20. The first kappa shape index (κ1) is 31.7. The van der Waals surface area contributed by atoms with Crippen LogP contribution >= 0.6 is 0 Å². The number of likely N-dealkylation sites (N-methyl/N-ethyl adjacent to an activating group) is 1. The zero-order chi connectivity index (χ0) is 31.4. The summed E-state index contributed by atoms with van der Waals surface area (Å²) in [6.07, 6.45) is -8.37. The summed E-state index contributed by atoms with van der Waals surface area (Å²) < 4.78 is 10.7. The average molecular weight is 607 g/mol. The van der Waals surface area contributed by atoms with Crippen molar-refractivity contribution in [3.63, 3.8) is 0 Å². The molecule has 11 heteroatoms. The fourth-order valence-corrected chi connectivity index (χ4v) is 5.99. The number of carbonyl (C=O) groups is 2. The highest BCUT2D eigenvalue weighted by molar-refractivity contribution is 5.87. The number of nitrogens with zero attached hydrogens (tertiary/aromatic N) is 2. The number of carboxylic acids is 1. The summed E-state index contributed by atoms with van der Waals surface area (Å²) in [5.74, 6) is -5.07. The highest BCUT2D eigenvalue weighted by Crippen LogP contribution is 2.34. The van der Waals surface area contributed by atoms with Crippen LogP contribution in [0.1, 0.15) is 35.1 Å². The fourth-order valence-electron chi connectivity index (χ4n) is 5.99. The van der Waals surface area contributed by atoms with Gasteiger partial charge in [0.05, 0.1) is 18.1 Å². The first-order chi connectivity index (χ1) is 21.1. The minimum absolute atomic E-state index is 0.0800. The van der Waals surface area contributed by atoms with Crippen molar-refractivity contribution in [2.24, 2.45) is 0 Å². The zero-order valence-corrected chi connectivity index (χ0v) is 24.3. The lowest BCUT2D eigenvalue weighted by atomic mass is 9.89. The SMILES string of the molecule is CN(C(=O)C(c1ccccc1)c1ccccc1)C(CN1CC[C@H](O[C@@]2(O)O[C@H](C(=O)O)[C@@H](O)[C@H](O)[C@H]2O)C1)c1ccccc1. The molecule has 3 aromatic rings. The first-order valence-electron chi connectivity index (χ1n) is 14.6. The molecular weight excluding hydrogens is 568 g/mol. The van der Waals surface area contributed by atoms with Gasteiger partial charge < -0.3 is 39.9 Å². The molecule has 0 radical (unpaired) electrons. The largest absolute Gasteiger partial charge is 0.479 e. The molecule has 5 rings (SSSR count). The second-order valence-electron chi connectivity index (χ2n) is 11.4. The monoisotopic (exact) mass is 606 g/mol. The number of ether oxygens (including phenoxy) is 2. The number of carbonyl (C=O) groups excluding carboxylic acids is 1. The van der Waals surface area contributed by atoms with E-state index in [0.29, 0.717) is 19.5 Å². The van der Waals surface area contributed by atoms with E-state index in [-0.39, 0.29) is 18.5 Å². The third kappa shape index (κ3) is 6.69. The van der Waals surface area contributed by atoms with Gasteiger partial charge in [-0.05, 0) is 23.1 Å². The molecule has 0 aliphatic carbocycles. The third-order valence-electron chi connectivity index (χ3n) is 8.40. The van der Waals surface area contributed by atoms with Crippen LogP contribution in [0.3, 0.4) is 0 Å². The Morgan fingerprint density at radius 3 is 1.95 bits per heavy atom. The number of aliphatic hydroxyl groups is 4. The summed E-state index contributed by atoms with van der Waals surface area (Å²) >= 11 is 0. The minimum Gasteiger partial charge on any atom is -0.479 e. The van der Waals surface area contributed by atoms with Crippen LogP contribution in [-0.2, 0) is 19.1 Å². The van der Waals surface area contributed by atoms with Gasteiger partial charge in [0.1, 0.15) is 12.2 Å². The van der Waals surface area contributed by atoms with Crippen molar-refractivity contribution in [2.75, 3.05) is 26.7 Å². The number of hydrogen-bond donors (Lipinski definition) is 5. The van der Waals surface area contributed by atoms with Gasteiger partial charge in [-0.15, -0.1) is 0 Å². The van der Waals surface area contributed by atoms with Crippen LogP contribution in [0.25, 0.3) is 0 Å². The molecule has 2 heterocycles. The Bertz CT molecular complexity index is 1360. The molecule has 0 spiro atoms. The van der Waals surface area contributed by atoms with Gasteiger partial charge in [-0.3, -0.25) is 9.69 Å².